The van der Waals surface area contributed by atoms with E-state index in [1.54, 1.807) is 0 Å². The Labute approximate surface area is 74.7 Å². The Bertz CT molecular complexity index is 130. The standard InChI is InChI=1S/C9H20N2O/c1-8(10)3-5-11-9(2)4-6-12-7-9/h8,11H,3-7,10H2,1-2H3. The van der Waals surface area contributed by atoms with E-state index in [1.807, 2.05) is 6.92 Å². The van der Waals surface area contributed by atoms with Crippen molar-refractivity contribution in [3.05, 3.63) is 0 Å². The van der Waals surface area contributed by atoms with Crippen molar-refractivity contribution in [2.24, 2.45) is 5.73 Å². The molecule has 1 aliphatic heterocycles. The van der Waals surface area contributed by atoms with Gasteiger partial charge in [0.1, 0.15) is 0 Å². The van der Waals surface area contributed by atoms with Gasteiger partial charge in [-0.05, 0) is 33.2 Å². The van der Waals surface area contributed by atoms with Gasteiger partial charge in [-0.25, -0.2) is 0 Å². The third kappa shape index (κ3) is 3.09. The Balaban J connectivity index is 2.13. The summed E-state index contributed by atoms with van der Waals surface area (Å²) < 4.78 is 5.32. The molecule has 2 unspecified atom stereocenters. The van der Waals surface area contributed by atoms with Gasteiger partial charge in [0.2, 0.25) is 0 Å². The van der Waals surface area contributed by atoms with Gasteiger partial charge in [-0.3, -0.25) is 0 Å². The first-order chi connectivity index (χ1) is 5.62. The predicted molar refractivity (Wildman–Crippen MR) is 50.1 cm³/mol. The molecule has 1 fully saturated rings. The molecule has 1 aliphatic rings. The average Bonchev–Trinajstić information content (AvgIpc) is 2.35. The van der Waals surface area contributed by atoms with Crippen molar-refractivity contribution in [1.82, 2.24) is 5.32 Å². The molecule has 0 aliphatic carbocycles. The van der Waals surface area contributed by atoms with Gasteiger partial charge >= 0.3 is 0 Å². The van der Waals surface area contributed by atoms with Crippen molar-refractivity contribution in [3.63, 3.8) is 0 Å². The minimum Gasteiger partial charge on any atom is -0.379 e. The first-order valence-corrected chi connectivity index (χ1v) is 4.71. The van der Waals surface area contributed by atoms with Gasteiger partial charge in [-0.15, -0.1) is 0 Å². The zero-order valence-corrected chi connectivity index (χ0v) is 8.10. The van der Waals surface area contributed by atoms with Gasteiger partial charge in [-0.2, -0.15) is 0 Å². The quantitative estimate of drug-likeness (QED) is 0.649. The molecule has 3 heteroatoms. The molecule has 0 amide bonds. The first-order valence-electron chi connectivity index (χ1n) is 4.71. The minimum atomic E-state index is 0.203. The van der Waals surface area contributed by atoms with Crippen LogP contribution < -0.4 is 11.1 Å². The Morgan fingerprint density at radius 2 is 2.42 bits per heavy atom. The molecule has 0 aromatic heterocycles. The van der Waals surface area contributed by atoms with Crippen LogP contribution in [0.15, 0.2) is 0 Å². The zero-order valence-electron chi connectivity index (χ0n) is 8.10. The largest absolute Gasteiger partial charge is 0.379 e. The predicted octanol–water partition coefficient (Wildman–Crippen LogP) is 0.492. The van der Waals surface area contributed by atoms with Crippen molar-refractivity contribution in [2.45, 2.75) is 38.3 Å². The number of hydrogen-bond acceptors (Lipinski definition) is 3. The van der Waals surface area contributed by atoms with Crippen LogP contribution in [0.4, 0.5) is 0 Å². The van der Waals surface area contributed by atoms with Crippen molar-refractivity contribution in [2.75, 3.05) is 19.8 Å². The van der Waals surface area contributed by atoms with E-state index >= 15 is 0 Å². The second-order valence-corrected chi connectivity index (χ2v) is 4.06. The van der Waals surface area contributed by atoms with Crippen LogP contribution in [-0.2, 0) is 4.74 Å². The summed E-state index contributed by atoms with van der Waals surface area (Å²) in [5.41, 5.74) is 5.85. The summed E-state index contributed by atoms with van der Waals surface area (Å²) >= 11 is 0. The lowest BCUT2D eigenvalue weighted by Gasteiger charge is -2.23. The summed E-state index contributed by atoms with van der Waals surface area (Å²) in [4.78, 5) is 0. The van der Waals surface area contributed by atoms with Crippen LogP contribution in [0.2, 0.25) is 0 Å². The average molecular weight is 172 g/mol. The third-order valence-electron chi connectivity index (χ3n) is 2.37. The number of hydrogen-bond donors (Lipinski definition) is 2. The van der Waals surface area contributed by atoms with E-state index in [0.29, 0.717) is 6.04 Å². The van der Waals surface area contributed by atoms with E-state index in [-0.39, 0.29) is 5.54 Å². The van der Waals surface area contributed by atoms with Crippen molar-refractivity contribution < 1.29 is 4.74 Å². The van der Waals surface area contributed by atoms with E-state index in [4.69, 9.17) is 10.5 Å². The van der Waals surface area contributed by atoms with Gasteiger partial charge in [0, 0.05) is 18.2 Å². The molecule has 0 saturated carbocycles. The molecule has 72 valence electrons. The second-order valence-electron chi connectivity index (χ2n) is 4.06. The van der Waals surface area contributed by atoms with Crippen LogP contribution in [-0.4, -0.2) is 31.3 Å². The monoisotopic (exact) mass is 172 g/mol. The van der Waals surface area contributed by atoms with Crippen LogP contribution in [0.3, 0.4) is 0 Å². The number of nitrogens with one attached hydrogen (secondary N) is 1. The molecular formula is C9H20N2O. The normalized spacial score (nSPS) is 32.2. The number of nitrogens with two attached hydrogens (primary N) is 1. The van der Waals surface area contributed by atoms with Gasteiger partial charge in [-0.1, -0.05) is 0 Å². The van der Waals surface area contributed by atoms with E-state index < -0.39 is 0 Å². The number of rotatable bonds is 4. The summed E-state index contributed by atoms with van der Waals surface area (Å²) in [7, 11) is 0. The lowest BCUT2D eigenvalue weighted by atomic mass is 10.0. The zero-order chi connectivity index (χ0) is 9.03. The molecular weight excluding hydrogens is 152 g/mol. The molecule has 0 radical (unpaired) electrons. The maximum atomic E-state index is 5.65. The van der Waals surface area contributed by atoms with Gasteiger partial charge < -0.3 is 15.8 Å². The fraction of sp³-hybridized carbons (Fsp3) is 1.00. The van der Waals surface area contributed by atoms with Gasteiger partial charge in [0.05, 0.1) is 6.61 Å². The fourth-order valence-corrected chi connectivity index (χ4v) is 1.41. The van der Waals surface area contributed by atoms with E-state index in [1.165, 1.54) is 0 Å². The highest BCUT2D eigenvalue weighted by molar-refractivity contribution is 4.86. The summed E-state index contributed by atoms with van der Waals surface area (Å²) in [6.45, 7) is 6.97. The molecule has 1 rings (SSSR count). The lowest BCUT2D eigenvalue weighted by Crippen LogP contribution is -2.44. The summed E-state index contributed by atoms with van der Waals surface area (Å²) in [5.74, 6) is 0. The molecule has 0 aromatic rings. The summed E-state index contributed by atoms with van der Waals surface area (Å²) in [6.07, 6.45) is 2.15. The first kappa shape index (κ1) is 9.96. The maximum Gasteiger partial charge on any atom is 0.0646 e. The molecule has 0 spiro atoms. The molecule has 0 bridgehead atoms. The summed E-state index contributed by atoms with van der Waals surface area (Å²) in [6, 6.07) is 0.295. The minimum absolute atomic E-state index is 0.203. The SMILES string of the molecule is CC(N)CCNC1(C)CCOC1. The van der Waals surface area contributed by atoms with Gasteiger partial charge in [0.25, 0.3) is 0 Å². The van der Waals surface area contributed by atoms with Crippen molar-refractivity contribution in [1.29, 1.82) is 0 Å². The lowest BCUT2D eigenvalue weighted by molar-refractivity contribution is 0.171. The van der Waals surface area contributed by atoms with Crippen LogP contribution in [0, 0.1) is 0 Å². The van der Waals surface area contributed by atoms with Crippen molar-refractivity contribution >= 4 is 0 Å². The highest BCUT2D eigenvalue weighted by Crippen LogP contribution is 2.16. The van der Waals surface area contributed by atoms with E-state index in [9.17, 15) is 0 Å². The fourth-order valence-electron chi connectivity index (χ4n) is 1.41. The topological polar surface area (TPSA) is 47.3 Å². The van der Waals surface area contributed by atoms with Crippen LogP contribution >= 0.6 is 0 Å². The smallest absolute Gasteiger partial charge is 0.0646 e. The van der Waals surface area contributed by atoms with Crippen molar-refractivity contribution in [3.8, 4) is 0 Å². The maximum absolute atomic E-state index is 5.65. The van der Waals surface area contributed by atoms with Crippen LogP contribution in [0.25, 0.3) is 0 Å². The molecule has 2 atom stereocenters. The molecule has 1 heterocycles. The Morgan fingerprint density at radius 3 is 2.92 bits per heavy atom. The number of ether oxygens (including phenoxy) is 1. The van der Waals surface area contributed by atoms with Gasteiger partial charge in [0.15, 0.2) is 0 Å². The molecule has 0 aromatic carbocycles. The Morgan fingerprint density at radius 1 is 1.67 bits per heavy atom. The highest BCUT2D eigenvalue weighted by atomic mass is 16.5. The van der Waals surface area contributed by atoms with Crippen LogP contribution in [0.1, 0.15) is 26.7 Å². The Hall–Kier alpha value is -0.120. The Kier molecular flexibility index (Phi) is 3.50. The van der Waals surface area contributed by atoms with E-state index in [0.717, 1.165) is 32.6 Å². The summed E-state index contributed by atoms with van der Waals surface area (Å²) in [5, 5.41) is 3.48. The van der Waals surface area contributed by atoms with Crippen LogP contribution in [0.5, 0.6) is 0 Å². The third-order valence-corrected chi connectivity index (χ3v) is 2.37. The molecule has 3 N–H and O–H groups in total. The molecule has 3 nitrogen and oxygen atoms in total. The molecule has 12 heavy (non-hydrogen) atoms. The highest BCUT2D eigenvalue weighted by Gasteiger charge is 2.28. The van der Waals surface area contributed by atoms with E-state index in [2.05, 4.69) is 12.2 Å². The molecule has 1 saturated heterocycles. The second kappa shape index (κ2) is 4.21.